The van der Waals surface area contributed by atoms with E-state index in [4.69, 9.17) is 0 Å². The lowest BCUT2D eigenvalue weighted by molar-refractivity contribution is -0.125. The molecule has 0 unspecified atom stereocenters. The van der Waals surface area contributed by atoms with Crippen LogP contribution in [-0.2, 0) is 4.79 Å². The predicted molar refractivity (Wildman–Crippen MR) is 93.1 cm³/mol. The van der Waals surface area contributed by atoms with E-state index in [1.165, 1.54) is 0 Å². The average molecular weight is 333 g/mol. The molecule has 0 spiro atoms. The Labute approximate surface area is 143 Å². The number of carbonyl (C=O) groups is 1. The van der Waals surface area contributed by atoms with E-state index in [1.54, 1.807) is 6.33 Å². The summed E-state index contributed by atoms with van der Waals surface area (Å²) in [5.74, 6) is 1.90. The largest absolute Gasteiger partial charge is 0.394 e. The van der Waals surface area contributed by atoms with Gasteiger partial charge in [-0.1, -0.05) is 0 Å². The minimum Gasteiger partial charge on any atom is -0.394 e. The van der Waals surface area contributed by atoms with Gasteiger partial charge in [0.2, 0.25) is 5.91 Å². The van der Waals surface area contributed by atoms with Crippen LogP contribution in [0.25, 0.3) is 0 Å². The zero-order valence-electron chi connectivity index (χ0n) is 14.3. The van der Waals surface area contributed by atoms with Crippen molar-refractivity contribution in [3.63, 3.8) is 0 Å². The lowest BCUT2D eigenvalue weighted by Gasteiger charge is -2.33. The van der Waals surface area contributed by atoms with Gasteiger partial charge in [0.15, 0.2) is 0 Å². The van der Waals surface area contributed by atoms with E-state index in [2.05, 4.69) is 25.1 Å². The van der Waals surface area contributed by atoms with Crippen LogP contribution in [0.2, 0.25) is 0 Å². The summed E-state index contributed by atoms with van der Waals surface area (Å²) in [7, 11) is 0. The average Bonchev–Trinajstić information content (AvgIpc) is 3.11. The second-order valence-corrected chi connectivity index (χ2v) is 6.59. The van der Waals surface area contributed by atoms with E-state index in [0.717, 1.165) is 50.4 Å². The highest BCUT2D eigenvalue weighted by Gasteiger charge is 2.28. The Morgan fingerprint density at radius 2 is 2.08 bits per heavy atom. The lowest BCUT2D eigenvalue weighted by atomic mass is 9.97. The van der Waals surface area contributed by atoms with Gasteiger partial charge >= 0.3 is 0 Å². The molecule has 3 rings (SSSR count). The molecule has 0 radical (unpaired) electrons. The third kappa shape index (κ3) is 3.61. The number of piperidine rings is 1. The third-order valence-corrected chi connectivity index (χ3v) is 4.99. The van der Waals surface area contributed by atoms with Gasteiger partial charge in [0.05, 0.1) is 18.6 Å². The zero-order chi connectivity index (χ0) is 16.9. The molecule has 7 nitrogen and oxygen atoms in total. The lowest BCUT2D eigenvalue weighted by Crippen LogP contribution is -2.43. The van der Waals surface area contributed by atoms with Crippen LogP contribution < -0.4 is 15.1 Å². The van der Waals surface area contributed by atoms with Crippen molar-refractivity contribution in [2.45, 2.75) is 38.6 Å². The zero-order valence-corrected chi connectivity index (χ0v) is 14.3. The van der Waals surface area contributed by atoms with E-state index in [-0.39, 0.29) is 24.5 Å². The molecule has 3 heterocycles. The van der Waals surface area contributed by atoms with E-state index in [9.17, 15) is 9.90 Å². The van der Waals surface area contributed by atoms with Gasteiger partial charge in [0.1, 0.15) is 18.0 Å². The number of amides is 1. The van der Waals surface area contributed by atoms with Crippen molar-refractivity contribution in [1.82, 2.24) is 15.3 Å². The van der Waals surface area contributed by atoms with Gasteiger partial charge in [-0.2, -0.15) is 0 Å². The second kappa shape index (κ2) is 7.79. The number of aliphatic hydroxyl groups excluding tert-OH is 1. The summed E-state index contributed by atoms with van der Waals surface area (Å²) in [6.45, 7) is 5.31. The van der Waals surface area contributed by atoms with Crippen molar-refractivity contribution in [1.29, 1.82) is 0 Å². The maximum absolute atomic E-state index is 12.1. The Bertz CT molecular complexity index is 568. The molecule has 7 heteroatoms. The summed E-state index contributed by atoms with van der Waals surface area (Å²) < 4.78 is 0. The maximum Gasteiger partial charge on any atom is 0.224 e. The van der Waals surface area contributed by atoms with Crippen molar-refractivity contribution in [3.05, 3.63) is 12.4 Å². The van der Waals surface area contributed by atoms with E-state index in [0.29, 0.717) is 13.1 Å². The van der Waals surface area contributed by atoms with Crippen LogP contribution in [-0.4, -0.2) is 59.8 Å². The Morgan fingerprint density at radius 1 is 1.29 bits per heavy atom. The summed E-state index contributed by atoms with van der Waals surface area (Å²) in [4.78, 5) is 25.3. The molecule has 0 saturated carbocycles. The Morgan fingerprint density at radius 3 is 2.88 bits per heavy atom. The first-order chi connectivity index (χ1) is 11.7. The first kappa shape index (κ1) is 17.0. The number of hydrogen-bond donors (Lipinski definition) is 2. The molecule has 2 saturated heterocycles. The number of nitrogens with zero attached hydrogens (tertiary/aromatic N) is 4. The van der Waals surface area contributed by atoms with Crippen LogP contribution in [0.5, 0.6) is 0 Å². The van der Waals surface area contributed by atoms with Crippen molar-refractivity contribution in [2.75, 3.05) is 42.6 Å². The van der Waals surface area contributed by atoms with Crippen LogP contribution in [0.3, 0.4) is 0 Å². The number of aromatic nitrogens is 2. The Kier molecular flexibility index (Phi) is 5.50. The number of carbonyl (C=O) groups excluding carboxylic acids is 1. The highest BCUT2D eigenvalue weighted by molar-refractivity contribution is 5.79. The van der Waals surface area contributed by atoms with Gasteiger partial charge in [-0.3, -0.25) is 4.79 Å². The molecule has 24 heavy (non-hydrogen) atoms. The molecule has 1 aromatic heterocycles. The minimum atomic E-state index is 0.0223. The highest BCUT2D eigenvalue weighted by atomic mass is 16.3. The number of nitrogens with one attached hydrogen (secondary N) is 1. The third-order valence-electron chi connectivity index (χ3n) is 4.99. The minimum absolute atomic E-state index is 0.0223. The molecule has 0 aromatic carbocycles. The van der Waals surface area contributed by atoms with Crippen molar-refractivity contribution in [2.24, 2.45) is 5.92 Å². The molecule has 0 aliphatic carbocycles. The van der Waals surface area contributed by atoms with Gasteiger partial charge in [-0.25, -0.2) is 9.97 Å². The van der Waals surface area contributed by atoms with Gasteiger partial charge in [0.25, 0.3) is 0 Å². The standard InChI is InChI=1S/C17H27N5O2/c1-2-18-17(24)13-5-3-7-21(10-13)15-9-16(20-12-19-15)22-8-4-6-14(22)11-23/h9,12-14,23H,2-8,10-11H2,1H3,(H,18,24)/t13-,14+/m1/s1. The summed E-state index contributed by atoms with van der Waals surface area (Å²) in [6.07, 6.45) is 5.59. The predicted octanol–water partition coefficient (Wildman–Crippen LogP) is 0.790. The van der Waals surface area contributed by atoms with Gasteiger partial charge in [-0.05, 0) is 32.6 Å². The fourth-order valence-electron chi connectivity index (χ4n) is 3.71. The number of anilines is 2. The second-order valence-electron chi connectivity index (χ2n) is 6.59. The molecule has 1 amide bonds. The monoisotopic (exact) mass is 333 g/mol. The number of rotatable bonds is 5. The van der Waals surface area contributed by atoms with Gasteiger partial charge < -0.3 is 20.2 Å². The smallest absolute Gasteiger partial charge is 0.224 e. The number of aliphatic hydroxyl groups is 1. The summed E-state index contributed by atoms with van der Waals surface area (Å²) in [6, 6.07) is 2.14. The van der Waals surface area contributed by atoms with Crippen molar-refractivity contribution >= 4 is 17.5 Å². The first-order valence-electron chi connectivity index (χ1n) is 8.95. The molecular formula is C17H27N5O2. The molecule has 1 aromatic rings. The summed E-state index contributed by atoms with van der Waals surface area (Å²) >= 11 is 0. The van der Waals surface area contributed by atoms with Crippen molar-refractivity contribution in [3.8, 4) is 0 Å². The quantitative estimate of drug-likeness (QED) is 0.829. The summed E-state index contributed by atoms with van der Waals surface area (Å²) in [5, 5.41) is 12.4. The summed E-state index contributed by atoms with van der Waals surface area (Å²) in [5.41, 5.74) is 0. The van der Waals surface area contributed by atoms with Crippen LogP contribution in [0.4, 0.5) is 11.6 Å². The van der Waals surface area contributed by atoms with E-state index >= 15 is 0 Å². The van der Waals surface area contributed by atoms with Crippen LogP contribution in [0.15, 0.2) is 12.4 Å². The molecule has 132 valence electrons. The normalized spacial score (nSPS) is 24.2. The molecule has 2 aliphatic heterocycles. The molecule has 0 bridgehead atoms. The fraction of sp³-hybridized carbons (Fsp3) is 0.706. The SMILES string of the molecule is CCNC(=O)[C@@H]1CCCN(c2cc(N3CCC[C@H]3CO)ncn2)C1. The van der Waals surface area contributed by atoms with Crippen LogP contribution >= 0.6 is 0 Å². The van der Waals surface area contributed by atoms with Gasteiger partial charge in [0, 0.05) is 32.2 Å². The maximum atomic E-state index is 12.1. The highest BCUT2D eigenvalue weighted by Crippen LogP contribution is 2.27. The van der Waals surface area contributed by atoms with Crippen LogP contribution in [0.1, 0.15) is 32.6 Å². The molecule has 2 fully saturated rings. The topological polar surface area (TPSA) is 81.6 Å². The number of hydrogen-bond acceptors (Lipinski definition) is 6. The molecule has 2 N–H and O–H groups in total. The van der Waals surface area contributed by atoms with E-state index in [1.807, 2.05) is 13.0 Å². The Balaban J connectivity index is 1.72. The fourth-order valence-corrected chi connectivity index (χ4v) is 3.71. The van der Waals surface area contributed by atoms with E-state index < -0.39 is 0 Å². The van der Waals surface area contributed by atoms with Crippen molar-refractivity contribution < 1.29 is 9.90 Å². The first-order valence-corrected chi connectivity index (χ1v) is 8.95. The molecular weight excluding hydrogens is 306 g/mol. The van der Waals surface area contributed by atoms with Crippen LogP contribution in [0, 0.1) is 5.92 Å². The Hall–Kier alpha value is -1.89. The van der Waals surface area contributed by atoms with Gasteiger partial charge in [-0.15, -0.1) is 0 Å². The molecule has 2 atom stereocenters. The molecule has 2 aliphatic rings.